The summed E-state index contributed by atoms with van der Waals surface area (Å²) in [6, 6.07) is 7.70. The molecule has 128 valence electrons. The molecule has 1 amide bonds. The van der Waals surface area contributed by atoms with Gasteiger partial charge in [0.2, 0.25) is 5.91 Å². The highest BCUT2D eigenvalue weighted by Crippen LogP contribution is 2.41. The Morgan fingerprint density at radius 3 is 2.30 bits per heavy atom. The van der Waals surface area contributed by atoms with E-state index in [4.69, 9.17) is 16.0 Å². The molecule has 1 aliphatic rings. The largest absolute Gasteiger partial charge is 0.413 e. The number of halogens is 1. The highest BCUT2D eigenvalue weighted by Gasteiger charge is 2.47. The van der Waals surface area contributed by atoms with E-state index in [0.29, 0.717) is 0 Å². The Hall–Kier alpha value is -0.493. The van der Waals surface area contributed by atoms with Crippen molar-refractivity contribution in [1.29, 1.82) is 0 Å². The summed E-state index contributed by atoms with van der Waals surface area (Å²) in [4.78, 5) is 13.2. The Kier molecular flexibility index (Phi) is 5.56. The molecule has 1 saturated heterocycles. The van der Waals surface area contributed by atoms with Crippen LogP contribution in [0.15, 0.2) is 29.2 Å². The normalized spacial score (nSPS) is 23.2. The van der Waals surface area contributed by atoms with Crippen LogP contribution in [-0.2, 0) is 9.22 Å². The molecular formula is C17H26ClNO2SSi. The van der Waals surface area contributed by atoms with Crippen LogP contribution in [0.5, 0.6) is 0 Å². The minimum atomic E-state index is -1.88. The van der Waals surface area contributed by atoms with Crippen LogP contribution >= 0.6 is 23.4 Å². The maximum Gasteiger partial charge on any atom is 0.229 e. The summed E-state index contributed by atoms with van der Waals surface area (Å²) in [6.45, 7) is 13.1. The average Bonchev–Trinajstić information content (AvgIpc) is 2.38. The van der Waals surface area contributed by atoms with Gasteiger partial charge in [0, 0.05) is 9.92 Å². The number of hydrogen-bond donors (Lipinski definition) is 1. The fourth-order valence-corrected chi connectivity index (χ4v) is 5.11. The Bertz CT molecular complexity index is 571. The van der Waals surface area contributed by atoms with Crippen LogP contribution in [0.3, 0.4) is 0 Å². The molecule has 0 aliphatic carbocycles. The molecule has 3 nitrogen and oxygen atoms in total. The summed E-state index contributed by atoms with van der Waals surface area (Å²) >= 11 is 7.58. The van der Waals surface area contributed by atoms with Gasteiger partial charge >= 0.3 is 0 Å². The molecule has 0 saturated carbocycles. The lowest BCUT2D eigenvalue weighted by molar-refractivity contribution is -0.136. The molecule has 1 unspecified atom stereocenters. The van der Waals surface area contributed by atoms with Crippen LogP contribution in [0.1, 0.15) is 27.7 Å². The van der Waals surface area contributed by atoms with Crippen molar-refractivity contribution < 1.29 is 9.22 Å². The molecule has 23 heavy (non-hydrogen) atoms. The summed E-state index contributed by atoms with van der Waals surface area (Å²) in [5.74, 6) is -0.0209. The van der Waals surface area contributed by atoms with E-state index in [1.165, 1.54) is 0 Å². The highest BCUT2D eigenvalue weighted by molar-refractivity contribution is 8.00. The molecule has 1 aromatic rings. The van der Waals surface area contributed by atoms with Crippen LogP contribution in [0.4, 0.5) is 0 Å². The fraction of sp³-hybridized carbons (Fsp3) is 0.588. The van der Waals surface area contributed by atoms with Gasteiger partial charge in [0.15, 0.2) is 8.32 Å². The second-order valence-corrected chi connectivity index (χ2v) is 14.0. The van der Waals surface area contributed by atoms with Crippen molar-refractivity contribution in [3.63, 3.8) is 0 Å². The maximum absolute atomic E-state index is 12.1. The smallest absolute Gasteiger partial charge is 0.229 e. The number of β-lactam (4-membered cyclic amide) rings is 1. The fourth-order valence-electron chi connectivity index (χ4n) is 2.30. The molecule has 6 heteroatoms. The lowest BCUT2D eigenvalue weighted by atomic mass is 9.96. The van der Waals surface area contributed by atoms with Crippen molar-refractivity contribution in [1.82, 2.24) is 5.32 Å². The average molecular weight is 372 g/mol. The Morgan fingerprint density at radius 1 is 1.26 bits per heavy atom. The molecule has 2 rings (SSSR count). The van der Waals surface area contributed by atoms with Gasteiger partial charge in [-0.3, -0.25) is 4.79 Å². The van der Waals surface area contributed by atoms with E-state index in [0.717, 1.165) is 9.92 Å². The second kappa shape index (κ2) is 6.79. The Morgan fingerprint density at radius 2 is 1.83 bits per heavy atom. The molecule has 0 bridgehead atoms. The molecule has 0 radical (unpaired) electrons. The molecule has 1 aromatic carbocycles. The second-order valence-electron chi connectivity index (χ2n) is 7.61. The van der Waals surface area contributed by atoms with E-state index >= 15 is 0 Å². The minimum Gasteiger partial charge on any atom is -0.413 e. The molecule has 1 heterocycles. The van der Waals surface area contributed by atoms with Crippen LogP contribution in [0.25, 0.3) is 0 Å². The van der Waals surface area contributed by atoms with Gasteiger partial charge < -0.3 is 9.74 Å². The summed E-state index contributed by atoms with van der Waals surface area (Å²) in [5, 5.41) is 3.91. The topological polar surface area (TPSA) is 38.3 Å². The first-order valence-corrected chi connectivity index (χ1v) is 12.1. The van der Waals surface area contributed by atoms with Gasteiger partial charge in [0.05, 0.1) is 17.4 Å². The first-order valence-electron chi connectivity index (χ1n) is 7.92. The molecule has 1 fully saturated rings. The number of benzene rings is 1. The lowest BCUT2D eigenvalue weighted by Crippen LogP contribution is -2.62. The summed E-state index contributed by atoms with van der Waals surface area (Å²) in [7, 11) is -1.88. The standard InChI is InChI=1S/C17H26ClNO2SSi/c1-11(21-23(5,6)17(2,3)4)14-15(20)19-16(14)22-13-9-7-12(18)8-10-13/h7-11,14,16H,1-6H3,(H,19,20)/t11?,14-,16+/m0/s1. The summed E-state index contributed by atoms with van der Waals surface area (Å²) in [6.07, 6.45) is -0.0746. The van der Waals surface area contributed by atoms with Crippen molar-refractivity contribution in [2.45, 2.75) is 62.2 Å². The third-order valence-corrected chi connectivity index (χ3v) is 10.8. The van der Waals surface area contributed by atoms with Crippen molar-refractivity contribution in [3.05, 3.63) is 29.3 Å². The maximum atomic E-state index is 12.1. The van der Waals surface area contributed by atoms with Crippen molar-refractivity contribution >= 4 is 37.6 Å². The number of nitrogens with one attached hydrogen (secondary N) is 1. The quantitative estimate of drug-likeness (QED) is 0.590. The van der Waals surface area contributed by atoms with Crippen molar-refractivity contribution in [3.8, 4) is 0 Å². The minimum absolute atomic E-state index is 0.0587. The van der Waals surface area contributed by atoms with Gasteiger partial charge in [-0.05, 0) is 49.3 Å². The third kappa shape index (κ3) is 4.32. The predicted octanol–water partition coefficient (Wildman–Crippen LogP) is 4.91. The monoisotopic (exact) mass is 371 g/mol. The number of rotatable bonds is 5. The lowest BCUT2D eigenvalue weighted by Gasteiger charge is -2.45. The van der Waals surface area contributed by atoms with E-state index in [1.54, 1.807) is 11.8 Å². The zero-order valence-corrected chi connectivity index (χ0v) is 17.2. The number of hydrogen-bond acceptors (Lipinski definition) is 3. The Balaban J connectivity index is 2.02. The SMILES string of the molecule is CC(O[Si](C)(C)C(C)(C)C)[C@H]1C(=O)N[C@@H]1Sc1ccc(Cl)cc1. The van der Waals surface area contributed by atoms with Gasteiger partial charge in [-0.2, -0.15) is 0 Å². The molecule has 0 spiro atoms. The van der Waals surface area contributed by atoms with Crippen molar-refractivity contribution in [2.75, 3.05) is 0 Å². The van der Waals surface area contributed by atoms with Crippen LogP contribution in [-0.4, -0.2) is 25.7 Å². The molecule has 0 aromatic heterocycles. The van der Waals surface area contributed by atoms with E-state index < -0.39 is 8.32 Å². The molecule has 1 aliphatic heterocycles. The van der Waals surface area contributed by atoms with Gasteiger partial charge in [-0.1, -0.05) is 32.4 Å². The third-order valence-electron chi connectivity index (χ3n) is 4.78. The first kappa shape index (κ1) is 18.8. The first-order chi connectivity index (χ1) is 10.5. The highest BCUT2D eigenvalue weighted by atomic mass is 35.5. The van der Waals surface area contributed by atoms with Crippen LogP contribution in [0.2, 0.25) is 23.2 Å². The van der Waals surface area contributed by atoms with E-state index in [2.05, 4.69) is 39.2 Å². The zero-order chi connectivity index (χ0) is 17.4. The number of thioether (sulfide) groups is 1. The predicted molar refractivity (Wildman–Crippen MR) is 100 cm³/mol. The van der Waals surface area contributed by atoms with Gasteiger partial charge in [-0.15, -0.1) is 11.8 Å². The van der Waals surface area contributed by atoms with Crippen LogP contribution in [0, 0.1) is 5.92 Å². The van der Waals surface area contributed by atoms with E-state index in [-0.39, 0.29) is 28.3 Å². The van der Waals surface area contributed by atoms with E-state index in [9.17, 15) is 4.79 Å². The number of amides is 1. The molecule has 3 atom stereocenters. The van der Waals surface area contributed by atoms with Crippen molar-refractivity contribution in [2.24, 2.45) is 5.92 Å². The number of carbonyl (C=O) groups excluding carboxylic acids is 1. The molecule has 1 N–H and O–H groups in total. The number of carbonyl (C=O) groups is 1. The van der Waals surface area contributed by atoms with Crippen LogP contribution < -0.4 is 5.32 Å². The van der Waals surface area contributed by atoms with Gasteiger partial charge in [-0.25, -0.2) is 0 Å². The zero-order valence-electron chi connectivity index (χ0n) is 14.6. The summed E-state index contributed by atoms with van der Waals surface area (Å²) in [5.41, 5.74) is 0. The van der Waals surface area contributed by atoms with Gasteiger partial charge in [0.1, 0.15) is 0 Å². The Labute approximate surface area is 149 Å². The summed E-state index contributed by atoms with van der Waals surface area (Å²) < 4.78 is 6.41. The van der Waals surface area contributed by atoms with E-state index in [1.807, 2.05) is 31.2 Å². The van der Waals surface area contributed by atoms with Gasteiger partial charge in [0.25, 0.3) is 0 Å². The molecular weight excluding hydrogens is 346 g/mol.